The summed E-state index contributed by atoms with van der Waals surface area (Å²) in [4.78, 5) is 18.2. The number of aryl methyl sites for hydroxylation is 1. The first-order valence-electron chi connectivity index (χ1n) is 19.0. The Morgan fingerprint density at radius 1 is 1.04 bits per heavy atom. The van der Waals surface area contributed by atoms with Gasteiger partial charge < -0.3 is 20.1 Å². The number of nitrogens with zero attached hydrogens (tertiary/aromatic N) is 3. The van der Waals surface area contributed by atoms with Gasteiger partial charge in [0.15, 0.2) is 0 Å². The number of hydrogen-bond donors (Lipinski definition) is 2. The van der Waals surface area contributed by atoms with Gasteiger partial charge in [0.2, 0.25) is 5.91 Å². The number of nitrogens with one attached hydrogen (secondary N) is 2. The number of rotatable bonds is 12. The van der Waals surface area contributed by atoms with Crippen LogP contribution in [0.25, 0.3) is 10.9 Å². The van der Waals surface area contributed by atoms with Crippen LogP contribution < -0.4 is 20.1 Å². The molecule has 0 radical (unpaired) electrons. The molecule has 262 valence electrons. The van der Waals surface area contributed by atoms with Crippen LogP contribution in [0, 0.1) is 23.7 Å². The van der Waals surface area contributed by atoms with Crippen molar-refractivity contribution in [1.29, 1.82) is 0 Å². The first-order valence-corrected chi connectivity index (χ1v) is 19.0. The molecule has 0 spiro atoms. The maximum Gasteiger partial charge on any atom is 0.223 e. The van der Waals surface area contributed by atoms with Gasteiger partial charge >= 0.3 is 0 Å². The molecular weight excluding hydrogens is 598 g/mol. The monoisotopic (exact) mass is 657 g/mol. The van der Waals surface area contributed by atoms with Crippen molar-refractivity contribution in [3.05, 3.63) is 41.2 Å². The fourth-order valence-electron chi connectivity index (χ4n) is 9.14. The molecule has 5 atom stereocenters. The van der Waals surface area contributed by atoms with Gasteiger partial charge in [0.05, 0.1) is 36.9 Å². The maximum atomic E-state index is 13.1. The van der Waals surface area contributed by atoms with Crippen LogP contribution in [0.1, 0.15) is 128 Å². The summed E-state index contributed by atoms with van der Waals surface area (Å²) >= 11 is 0. The predicted molar refractivity (Wildman–Crippen MR) is 194 cm³/mol. The molecule has 3 fully saturated rings. The van der Waals surface area contributed by atoms with Crippen molar-refractivity contribution >= 4 is 22.6 Å². The number of carbonyl (C=O) groups is 1. The zero-order valence-corrected chi connectivity index (χ0v) is 30.4. The van der Waals surface area contributed by atoms with Crippen LogP contribution in [0.4, 0.5) is 5.82 Å². The van der Waals surface area contributed by atoms with Crippen molar-refractivity contribution in [2.75, 3.05) is 26.1 Å². The van der Waals surface area contributed by atoms with Crippen LogP contribution in [0.3, 0.4) is 0 Å². The minimum Gasteiger partial charge on any atom is -0.497 e. The highest BCUT2D eigenvalue weighted by Crippen LogP contribution is 2.62. The third kappa shape index (κ3) is 6.91. The van der Waals surface area contributed by atoms with E-state index >= 15 is 0 Å². The average molecular weight is 658 g/mol. The van der Waals surface area contributed by atoms with Crippen molar-refractivity contribution in [3.8, 4) is 11.5 Å². The molecule has 48 heavy (non-hydrogen) atoms. The fourth-order valence-corrected chi connectivity index (χ4v) is 9.14. The Morgan fingerprint density at radius 2 is 1.85 bits per heavy atom. The Balaban J connectivity index is 1.45. The van der Waals surface area contributed by atoms with Crippen LogP contribution in [0.2, 0.25) is 0 Å². The fraction of sp³-hybridized carbons (Fsp3) is 0.675. The van der Waals surface area contributed by atoms with E-state index in [2.05, 4.69) is 48.3 Å². The van der Waals surface area contributed by atoms with Gasteiger partial charge in [0, 0.05) is 42.2 Å². The van der Waals surface area contributed by atoms with Gasteiger partial charge in [-0.25, -0.2) is 4.98 Å². The third-order valence-corrected chi connectivity index (χ3v) is 11.9. The number of aromatic nitrogens is 3. The molecule has 3 aromatic rings. The van der Waals surface area contributed by atoms with E-state index in [4.69, 9.17) is 19.6 Å². The van der Waals surface area contributed by atoms with Crippen LogP contribution in [0.15, 0.2) is 24.4 Å². The molecule has 0 saturated heterocycles. The molecule has 0 bridgehead atoms. The first kappa shape index (κ1) is 34.6. The Kier molecular flexibility index (Phi) is 10.9. The standard InChI is InChI=1S/C40H59N5O3/c1-7-12-30-25-43-38(42-24-29-18-19-33(47-5)22-34(29)48-6)35-36(30)45(32-17-10-14-28(21-32)39(46)41-8-2)44-37(35)40-20-11-15-27(26(3)4)13-9-16-31(40)23-40/h18-19,22,25-28,31-32H,7-17,20-21,23-24H2,1-6H3,(H,41,46)(H,42,43)/t27?,28-,31?,32-,40?/m1/s1. The van der Waals surface area contributed by atoms with Gasteiger partial charge in [-0.1, -0.05) is 59.3 Å². The number of methoxy groups -OCH3 is 2. The summed E-state index contributed by atoms with van der Waals surface area (Å²) in [6.45, 7) is 10.3. The van der Waals surface area contributed by atoms with Crippen molar-refractivity contribution in [1.82, 2.24) is 20.1 Å². The average Bonchev–Trinajstić information content (AvgIpc) is 3.61. The normalized spacial score (nSPS) is 25.9. The van der Waals surface area contributed by atoms with Gasteiger partial charge in [-0.15, -0.1) is 0 Å². The lowest BCUT2D eigenvalue weighted by atomic mass is 9.85. The molecule has 1 amide bonds. The molecule has 0 aliphatic heterocycles. The number of benzene rings is 1. The minimum atomic E-state index is 0.0349. The highest BCUT2D eigenvalue weighted by Gasteiger charge is 2.57. The van der Waals surface area contributed by atoms with E-state index < -0.39 is 0 Å². The van der Waals surface area contributed by atoms with E-state index in [0.29, 0.717) is 19.0 Å². The Labute approximate surface area is 288 Å². The summed E-state index contributed by atoms with van der Waals surface area (Å²) < 4.78 is 13.6. The molecule has 8 nitrogen and oxygen atoms in total. The molecule has 1 aromatic carbocycles. The summed E-state index contributed by atoms with van der Waals surface area (Å²) in [5, 5.41) is 13.8. The Morgan fingerprint density at radius 3 is 2.60 bits per heavy atom. The van der Waals surface area contributed by atoms with Crippen LogP contribution in [-0.2, 0) is 23.2 Å². The van der Waals surface area contributed by atoms with Gasteiger partial charge in [0.25, 0.3) is 0 Å². The number of pyridine rings is 1. The molecule has 6 rings (SSSR count). The first-order chi connectivity index (χ1) is 23.3. The molecule has 2 N–H and O–H groups in total. The van der Waals surface area contributed by atoms with E-state index in [1.807, 2.05) is 19.1 Å². The summed E-state index contributed by atoms with van der Waals surface area (Å²) in [5.74, 6) is 4.96. The number of amides is 1. The summed E-state index contributed by atoms with van der Waals surface area (Å²) in [5.41, 5.74) is 4.94. The molecule has 2 heterocycles. The van der Waals surface area contributed by atoms with E-state index in [-0.39, 0.29) is 23.3 Å². The zero-order valence-electron chi connectivity index (χ0n) is 30.4. The number of anilines is 1. The predicted octanol–water partition coefficient (Wildman–Crippen LogP) is 8.76. The number of hydrogen-bond acceptors (Lipinski definition) is 6. The molecule has 8 heteroatoms. The third-order valence-electron chi connectivity index (χ3n) is 11.9. The molecule has 3 unspecified atom stereocenters. The second-order valence-electron chi connectivity index (χ2n) is 15.2. The van der Waals surface area contributed by atoms with E-state index in [0.717, 1.165) is 73.2 Å². The molecular formula is C40H59N5O3. The number of ether oxygens (including phenoxy) is 2. The quantitative estimate of drug-likeness (QED) is 0.202. The Bertz CT molecular complexity index is 1570. The lowest BCUT2D eigenvalue weighted by molar-refractivity contribution is -0.126. The maximum absolute atomic E-state index is 13.1. The molecule has 2 aromatic heterocycles. The summed E-state index contributed by atoms with van der Waals surface area (Å²) in [7, 11) is 3.39. The number of fused-ring (bicyclic) bond motifs is 2. The van der Waals surface area contributed by atoms with E-state index in [1.54, 1.807) is 14.2 Å². The molecule has 3 saturated carbocycles. The summed E-state index contributed by atoms with van der Waals surface area (Å²) in [6, 6.07) is 6.20. The number of carbonyl (C=O) groups excluding carboxylic acids is 1. The lowest BCUT2D eigenvalue weighted by Gasteiger charge is -2.29. The molecule has 3 aliphatic rings. The van der Waals surface area contributed by atoms with Gasteiger partial charge in [-0.2, -0.15) is 5.10 Å². The van der Waals surface area contributed by atoms with Gasteiger partial charge in [0.1, 0.15) is 17.3 Å². The lowest BCUT2D eigenvalue weighted by Crippen LogP contribution is -2.34. The Hall–Kier alpha value is -3.29. The van der Waals surface area contributed by atoms with Gasteiger partial charge in [-0.05, 0) is 87.3 Å². The largest absolute Gasteiger partial charge is 0.497 e. The van der Waals surface area contributed by atoms with Gasteiger partial charge in [-0.3, -0.25) is 9.48 Å². The van der Waals surface area contributed by atoms with Crippen LogP contribution >= 0.6 is 0 Å². The zero-order chi connectivity index (χ0) is 33.8. The van der Waals surface area contributed by atoms with Crippen molar-refractivity contribution in [2.24, 2.45) is 23.7 Å². The highest BCUT2D eigenvalue weighted by atomic mass is 16.5. The van der Waals surface area contributed by atoms with Crippen molar-refractivity contribution in [3.63, 3.8) is 0 Å². The minimum absolute atomic E-state index is 0.0349. The van der Waals surface area contributed by atoms with Crippen molar-refractivity contribution in [2.45, 2.75) is 129 Å². The molecule has 3 aliphatic carbocycles. The van der Waals surface area contributed by atoms with E-state index in [9.17, 15) is 4.79 Å². The summed E-state index contributed by atoms with van der Waals surface area (Å²) in [6.07, 6.45) is 16.9. The second kappa shape index (κ2) is 15.1. The van der Waals surface area contributed by atoms with Crippen LogP contribution in [0.5, 0.6) is 11.5 Å². The topological polar surface area (TPSA) is 90.3 Å². The highest BCUT2D eigenvalue weighted by molar-refractivity contribution is 5.95. The van der Waals surface area contributed by atoms with Crippen molar-refractivity contribution < 1.29 is 14.3 Å². The van der Waals surface area contributed by atoms with E-state index in [1.165, 1.54) is 67.1 Å². The SMILES string of the molecule is CCCc1cnc(NCc2ccc(OC)cc2OC)c2c(C34CCCC(C(C)C)CCCC3C4)nn([C@@H]3CCC[C@@H](C(=O)NCC)C3)c12. The van der Waals surface area contributed by atoms with Crippen LogP contribution in [-0.4, -0.2) is 41.4 Å². The second-order valence-corrected chi connectivity index (χ2v) is 15.2. The smallest absolute Gasteiger partial charge is 0.223 e.